The molecule has 116 valence electrons. The molecule has 1 saturated carbocycles. The Morgan fingerprint density at radius 2 is 1.75 bits per heavy atom. The minimum atomic E-state index is -0.154. The largest absolute Gasteiger partial charge is 0.307 e. The summed E-state index contributed by atoms with van der Waals surface area (Å²) in [5.41, 5.74) is 3.01. The van der Waals surface area contributed by atoms with Gasteiger partial charge in [0.1, 0.15) is 5.78 Å². The highest BCUT2D eigenvalue weighted by Gasteiger charge is 2.37. The number of amides is 1. The number of rotatable bonds is 6. The van der Waals surface area contributed by atoms with Crippen molar-refractivity contribution in [2.75, 3.05) is 27.7 Å². The van der Waals surface area contributed by atoms with Gasteiger partial charge in [0, 0.05) is 25.4 Å². The van der Waals surface area contributed by atoms with Gasteiger partial charge in [-0.1, -0.05) is 12.8 Å². The maximum atomic E-state index is 12.8. The van der Waals surface area contributed by atoms with E-state index in [2.05, 4.69) is 10.3 Å². The van der Waals surface area contributed by atoms with Gasteiger partial charge in [-0.2, -0.15) is 0 Å². The fourth-order valence-corrected chi connectivity index (χ4v) is 3.25. The topological polar surface area (TPSA) is 52.7 Å². The van der Waals surface area contributed by atoms with Crippen molar-refractivity contribution in [3.63, 3.8) is 0 Å². The Kier molecular flexibility index (Phi) is 6.62. The second-order valence-corrected chi connectivity index (χ2v) is 6.15. The van der Waals surface area contributed by atoms with Crippen molar-refractivity contribution in [3.8, 4) is 0 Å². The van der Waals surface area contributed by atoms with Crippen molar-refractivity contribution in [1.82, 2.24) is 15.3 Å². The number of likely N-dealkylation sites (N-methyl/N-ethyl adjacent to an activating group) is 1. The smallest absolute Gasteiger partial charge is 0.240 e. The second-order valence-electron chi connectivity index (χ2n) is 6.15. The highest BCUT2D eigenvalue weighted by Crippen LogP contribution is 2.32. The van der Waals surface area contributed by atoms with Crippen LogP contribution < -0.4 is 5.43 Å². The summed E-state index contributed by atoms with van der Waals surface area (Å²) in [5.74, 6) is -0.0296. The Bertz CT molecular complexity index is 344. The Labute approximate surface area is 122 Å². The van der Waals surface area contributed by atoms with E-state index in [4.69, 9.17) is 0 Å². The fourth-order valence-electron chi connectivity index (χ4n) is 3.25. The molecule has 3 unspecified atom stereocenters. The normalized spacial score (nSPS) is 24.5. The minimum Gasteiger partial charge on any atom is -0.307 e. The maximum absolute atomic E-state index is 12.8. The first kappa shape index (κ1) is 17.1. The fraction of sp³-hybridized carbons (Fsp3) is 0.867. The van der Waals surface area contributed by atoms with Crippen molar-refractivity contribution in [1.29, 1.82) is 0 Å². The Morgan fingerprint density at radius 1 is 1.20 bits per heavy atom. The van der Waals surface area contributed by atoms with Crippen LogP contribution in [0.15, 0.2) is 0 Å². The third-order valence-electron chi connectivity index (χ3n) is 4.15. The molecule has 1 aliphatic carbocycles. The van der Waals surface area contributed by atoms with Crippen LogP contribution in [0.3, 0.4) is 0 Å². The lowest BCUT2D eigenvalue weighted by Crippen LogP contribution is -2.54. The molecule has 3 atom stereocenters. The molecule has 0 aromatic carbocycles. The third-order valence-corrected chi connectivity index (χ3v) is 4.15. The molecule has 20 heavy (non-hydrogen) atoms. The standard InChI is InChI=1S/C15H29N3O2/c1-11(10-17(4)5)18(16-3)15(20)14-9-7-6-8-13(14)12(2)19/h11,13-14,16H,6-10H2,1-5H3. The molecule has 0 radical (unpaired) electrons. The molecule has 0 heterocycles. The van der Waals surface area contributed by atoms with E-state index < -0.39 is 0 Å². The van der Waals surface area contributed by atoms with Gasteiger partial charge in [0.2, 0.25) is 5.91 Å². The quantitative estimate of drug-likeness (QED) is 0.747. The van der Waals surface area contributed by atoms with Gasteiger partial charge < -0.3 is 4.90 Å². The number of carbonyl (C=O) groups is 2. The summed E-state index contributed by atoms with van der Waals surface area (Å²) in [6.45, 7) is 4.44. The van der Waals surface area contributed by atoms with E-state index in [0.717, 1.165) is 32.2 Å². The number of nitrogens with one attached hydrogen (secondary N) is 1. The first-order valence-corrected chi connectivity index (χ1v) is 7.54. The average molecular weight is 283 g/mol. The van der Waals surface area contributed by atoms with Gasteiger partial charge in [0.25, 0.3) is 0 Å². The number of nitrogens with zero attached hydrogens (tertiary/aromatic N) is 2. The number of ketones is 1. The summed E-state index contributed by atoms with van der Waals surface area (Å²) >= 11 is 0. The molecule has 0 saturated heterocycles. The predicted octanol–water partition coefficient (Wildman–Crippen LogP) is 1.29. The zero-order valence-corrected chi connectivity index (χ0v) is 13.5. The van der Waals surface area contributed by atoms with Crippen LogP contribution in [0.1, 0.15) is 39.5 Å². The summed E-state index contributed by atoms with van der Waals surface area (Å²) in [6.07, 6.45) is 3.78. The lowest BCUT2D eigenvalue weighted by atomic mass is 9.76. The van der Waals surface area contributed by atoms with E-state index >= 15 is 0 Å². The molecule has 1 amide bonds. The minimum absolute atomic E-state index is 0.0711. The van der Waals surface area contributed by atoms with Crippen molar-refractivity contribution in [3.05, 3.63) is 0 Å². The average Bonchev–Trinajstić information content (AvgIpc) is 2.38. The molecule has 0 aliphatic heterocycles. The summed E-state index contributed by atoms with van der Waals surface area (Å²) in [7, 11) is 5.76. The highest BCUT2D eigenvalue weighted by atomic mass is 16.2. The molecule has 1 fully saturated rings. The molecule has 1 N–H and O–H groups in total. The molecule has 0 aromatic heterocycles. The monoisotopic (exact) mass is 283 g/mol. The molecule has 5 nitrogen and oxygen atoms in total. The Morgan fingerprint density at radius 3 is 2.20 bits per heavy atom. The van der Waals surface area contributed by atoms with Crippen LogP contribution in [-0.2, 0) is 9.59 Å². The molecule has 0 spiro atoms. The second kappa shape index (κ2) is 7.74. The summed E-state index contributed by atoms with van der Waals surface area (Å²) in [5, 5.41) is 1.70. The number of Topliss-reactive ketones (excluding diaryl/α,β-unsaturated/α-hetero) is 1. The number of hydrogen-bond donors (Lipinski definition) is 1. The molecule has 0 bridgehead atoms. The zero-order valence-electron chi connectivity index (χ0n) is 13.5. The maximum Gasteiger partial charge on any atom is 0.240 e. The van der Waals surface area contributed by atoms with Gasteiger partial charge in [-0.3, -0.25) is 14.6 Å². The number of carbonyl (C=O) groups excluding carboxylic acids is 2. The van der Waals surface area contributed by atoms with Crippen LogP contribution in [0.5, 0.6) is 0 Å². The van der Waals surface area contributed by atoms with Crippen LogP contribution in [0.4, 0.5) is 0 Å². The van der Waals surface area contributed by atoms with Crippen molar-refractivity contribution >= 4 is 11.7 Å². The number of hydrogen-bond acceptors (Lipinski definition) is 4. The van der Waals surface area contributed by atoms with Gasteiger partial charge in [-0.05, 0) is 40.8 Å². The van der Waals surface area contributed by atoms with Gasteiger partial charge in [-0.25, -0.2) is 5.43 Å². The van der Waals surface area contributed by atoms with Crippen LogP contribution in [0.2, 0.25) is 0 Å². The van der Waals surface area contributed by atoms with Gasteiger partial charge in [-0.15, -0.1) is 0 Å². The molecule has 1 aliphatic rings. The zero-order chi connectivity index (χ0) is 15.3. The molecule has 1 rings (SSSR count). The summed E-state index contributed by atoms with van der Waals surface area (Å²) in [6, 6.07) is 0.0806. The van der Waals surface area contributed by atoms with E-state index in [0.29, 0.717) is 0 Å². The third kappa shape index (κ3) is 4.28. The van der Waals surface area contributed by atoms with Crippen molar-refractivity contribution in [2.45, 2.75) is 45.6 Å². The molecular weight excluding hydrogens is 254 g/mol. The SMILES string of the molecule is CNN(C(=O)C1CCCCC1C(C)=O)C(C)CN(C)C. The molecular formula is C15H29N3O2. The van der Waals surface area contributed by atoms with Crippen LogP contribution in [-0.4, -0.2) is 55.3 Å². The van der Waals surface area contributed by atoms with Crippen LogP contribution in [0.25, 0.3) is 0 Å². The van der Waals surface area contributed by atoms with Gasteiger partial charge in [0.05, 0.1) is 6.04 Å². The van der Waals surface area contributed by atoms with Crippen molar-refractivity contribution in [2.24, 2.45) is 11.8 Å². The first-order chi connectivity index (χ1) is 9.38. The van der Waals surface area contributed by atoms with E-state index in [-0.39, 0.29) is 29.6 Å². The van der Waals surface area contributed by atoms with Gasteiger partial charge >= 0.3 is 0 Å². The highest BCUT2D eigenvalue weighted by molar-refractivity contribution is 5.87. The van der Waals surface area contributed by atoms with E-state index in [1.165, 1.54) is 0 Å². The Hall–Kier alpha value is -0.940. The summed E-state index contributed by atoms with van der Waals surface area (Å²) in [4.78, 5) is 26.6. The van der Waals surface area contributed by atoms with Crippen LogP contribution in [0, 0.1) is 11.8 Å². The lowest BCUT2D eigenvalue weighted by molar-refractivity contribution is -0.147. The van der Waals surface area contributed by atoms with E-state index in [1.807, 2.05) is 21.0 Å². The van der Waals surface area contributed by atoms with Gasteiger partial charge in [0.15, 0.2) is 0 Å². The number of hydrazine groups is 1. The Balaban J connectivity index is 2.80. The molecule has 5 heteroatoms. The van der Waals surface area contributed by atoms with Crippen LogP contribution >= 0.6 is 0 Å². The molecule has 0 aromatic rings. The summed E-state index contributed by atoms with van der Waals surface area (Å²) < 4.78 is 0. The first-order valence-electron chi connectivity index (χ1n) is 7.54. The van der Waals surface area contributed by atoms with E-state index in [9.17, 15) is 9.59 Å². The van der Waals surface area contributed by atoms with E-state index in [1.54, 1.807) is 19.0 Å². The van der Waals surface area contributed by atoms with Crippen molar-refractivity contribution < 1.29 is 9.59 Å². The lowest BCUT2D eigenvalue weighted by Gasteiger charge is -2.36. The predicted molar refractivity (Wildman–Crippen MR) is 80.1 cm³/mol.